The fraction of sp³-hybridized carbons (Fsp3) is 0.917. The maximum Gasteiger partial charge on any atom is 0.236 e. The number of carbonyl (C=O) groups excluding carboxylic acids is 1. The molecular weight excluding hydrogens is 254 g/mol. The van der Waals surface area contributed by atoms with Crippen LogP contribution in [0.1, 0.15) is 45.4 Å². The Hall–Kier alpha value is -0.0500. The van der Waals surface area contributed by atoms with Gasteiger partial charge in [0.1, 0.15) is 0 Å². The van der Waals surface area contributed by atoms with Crippen molar-refractivity contribution in [3.8, 4) is 0 Å². The van der Waals surface area contributed by atoms with Gasteiger partial charge in [0, 0.05) is 12.6 Å². The molecule has 2 nitrogen and oxygen atoms in total. The Balaban J connectivity index is 1.95. The predicted octanol–water partition coefficient (Wildman–Crippen LogP) is 2.95. The third kappa shape index (κ3) is 2.38. The minimum absolute atomic E-state index is 0.0968. The number of alkyl halides is 1. The summed E-state index contributed by atoms with van der Waals surface area (Å²) in [7, 11) is 0. The van der Waals surface area contributed by atoms with Crippen LogP contribution in [0.15, 0.2) is 0 Å². The third-order valence-electron chi connectivity index (χ3n) is 3.95. The molecule has 1 aliphatic carbocycles. The summed E-state index contributed by atoms with van der Waals surface area (Å²) in [4.78, 5) is 14.1. The first-order valence-electron chi connectivity index (χ1n) is 6.17. The molecule has 0 radical (unpaired) electrons. The number of rotatable bonds is 2. The number of hydrogen-bond donors (Lipinski definition) is 0. The van der Waals surface area contributed by atoms with Crippen molar-refractivity contribution in [3.63, 3.8) is 0 Å². The molecule has 86 valence electrons. The van der Waals surface area contributed by atoms with Gasteiger partial charge in [-0.2, -0.15) is 0 Å². The zero-order chi connectivity index (χ0) is 10.8. The zero-order valence-corrected chi connectivity index (χ0v) is 11.0. The highest BCUT2D eigenvalue weighted by Crippen LogP contribution is 2.32. The SMILES string of the molecule is CCC1CCCC(N2CCC(Br)C2=O)C1. The van der Waals surface area contributed by atoms with E-state index in [1.54, 1.807) is 0 Å². The Kier molecular flexibility index (Phi) is 3.70. The molecule has 2 aliphatic rings. The lowest BCUT2D eigenvalue weighted by Crippen LogP contribution is -2.40. The van der Waals surface area contributed by atoms with Crippen LogP contribution >= 0.6 is 15.9 Å². The van der Waals surface area contributed by atoms with Crippen LogP contribution in [0, 0.1) is 5.92 Å². The molecule has 2 fully saturated rings. The van der Waals surface area contributed by atoms with Gasteiger partial charge in [-0.3, -0.25) is 4.79 Å². The second-order valence-electron chi connectivity index (χ2n) is 4.88. The number of amides is 1. The molecule has 0 spiro atoms. The standard InChI is InChI=1S/C12H20BrNO/c1-2-9-4-3-5-10(8-9)14-7-6-11(13)12(14)15/h9-11H,2-8H2,1H3. The first-order valence-corrected chi connectivity index (χ1v) is 7.08. The number of likely N-dealkylation sites (tertiary alicyclic amines) is 1. The Morgan fingerprint density at radius 2 is 2.20 bits per heavy atom. The van der Waals surface area contributed by atoms with E-state index in [4.69, 9.17) is 0 Å². The second-order valence-corrected chi connectivity index (χ2v) is 5.99. The van der Waals surface area contributed by atoms with Crippen LogP contribution < -0.4 is 0 Å². The molecule has 0 bridgehead atoms. The van der Waals surface area contributed by atoms with Crippen LogP contribution in [0.3, 0.4) is 0 Å². The van der Waals surface area contributed by atoms with Crippen LogP contribution in [0.2, 0.25) is 0 Å². The lowest BCUT2D eigenvalue weighted by Gasteiger charge is -2.35. The Bertz CT molecular complexity index is 244. The van der Waals surface area contributed by atoms with Crippen molar-refractivity contribution in [2.75, 3.05) is 6.54 Å². The fourth-order valence-corrected chi connectivity index (χ4v) is 3.41. The Morgan fingerprint density at radius 1 is 1.40 bits per heavy atom. The number of halogens is 1. The van der Waals surface area contributed by atoms with Crippen LogP contribution in [0.5, 0.6) is 0 Å². The van der Waals surface area contributed by atoms with Gasteiger partial charge in [0.15, 0.2) is 0 Å². The Labute approximate surface area is 101 Å². The van der Waals surface area contributed by atoms with Gasteiger partial charge < -0.3 is 4.90 Å². The smallest absolute Gasteiger partial charge is 0.236 e. The molecule has 2 rings (SSSR count). The minimum Gasteiger partial charge on any atom is -0.339 e. The fourth-order valence-electron chi connectivity index (χ4n) is 2.95. The zero-order valence-electron chi connectivity index (χ0n) is 9.42. The van der Waals surface area contributed by atoms with Crippen molar-refractivity contribution in [3.05, 3.63) is 0 Å². The molecule has 0 N–H and O–H groups in total. The normalized spacial score (nSPS) is 37.3. The van der Waals surface area contributed by atoms with Gasteiger partial charge in [-0.1, -0.05) is 42.1 Å². The summed E-state index contributed by atoms with van der Waals surface area (Å²) in [5.41, 5.74) is 0. The molecule has 3 atom stereocenters. The highest BCUT2D eigenvalue weighted by atomic mass is 79.9. The largest absolute Gasteiger partial charge is 0.339 e. The van der Waals surface area contributed by atoms with Crippen molar-refractivity contribution < 1.29 is 4.79 Å². The number of hydrogen-bond acceptors (Lipinski definition) is 1. The molecule has 1 saturated heterocycles. The van der Waals surface area contributed by atoms with Crippen molar-refractivity contribution in [1.29, 1.82) is 0 Å². The van der Waals surface area contributed by atoms with Crippen molar-refractivity contribution in [2.24, 2.45) is 5.92 Å². The first kappa shape index (κ1) is 11.4. The molecule has 3 heteroatoms. The van der Waals surface area contributed by atoms with Crippen LogP contribution in [0.4, 0.5) is 0 Å². The van der Waals surface area contributed by atoms with E-state index in [2.05, 4.69) is 27.8 Å². The van der Waals surface area contributed by atoms with Crippen molar-refractivity contribution in [2.45, 2.75) is 56.3 Å². The molecule has 15 heavy (non-hydrogen) atoms. The van der Waals surface area contributed by atoms with E-state index in [-0.39, 0.29) is 4.83 Å². The van der Waals surface area contributed by atoms with Gasteiger partial charge in [-0.25, -0.2) is 0 Å². The van der Waals surface area contributed by atoms with E-state index >= 15 is 0 Å². The quantitative estimate of drug-likeness (QED) is 0.709. The summed E-state index contributed by atoms with van der Waals surface area (Å²) in [6.07, 6.45) is 7.40. The number of nitrogens with zero attached hydrogens (tertiary/aromatic N) is 1. The van der Waals surface area contributed by atoms with E-state index in [1.165, 1.54) is 32.1 Å². The average molecular weight is 274 g/mol. The summed E-state index contributed by atoms with van der Waals surface area (Å²) in [5, 5.41) is 0. The lowest BCUT2D eigenvalue weighted by atomic mass is 9.83. The second kappa shape index (κ2) is 4.86. The molecule has 1 amide bonds. The maximum absolute atomic E-state index is 11.9. The van der Waals surface area contributed by atoms with E-state index < -0.39 is 0 Å². The van der Waals surface area contributed by atoms with Crippen LogP contribution in [-0.4, -0.2) is 28.2 Å². The van der Waals surface area contributed by atoms with E-state index in [9.17, 15) is 4.79 Å². The van der Waals surface area contributed by atoms with Gasteiger partial charge in [0.2, 0.25) is 5.91 Å². The average Bonchev–Trinajstić information content (AvgIpc) is 2.60. The molecule has 0 aromatic rings. The molecule has 3 unspecified atom stereocenters. The monoisotopic (exact) mass is 273 g/mol. The lowest BCUT2D eigenvalue weighted by molar-refractivity contribution is -0.130. The summed E-state index contributed by atoms with van der Waals surface area (Å²) in [5.74, 6) is 1.18. The van der Waals surface area contributed by atoms with Gasteiger partial charge in [0.25, 0.3) is 0 Å². The van der Waals surface area contributed by atoms with Crippen molar-refractivity contribution >= 4 is 21.8 Å². The molecule has 0 aromatic heterocycles. The van der Waals surface area contributed by atoms with Gasteiger partial charge in [-0.05, 0) is 25.2 Å². The summed E-state index contributed by atoms with van der Waals surface area (Å²) >= 11 is 3.45. The number of carbonyl (C=O) groups is 1. The first-order chi connectivity index (χ1) is 7.22. The molecule has 1 heterocycles. The van der Waals surface area contributed by atoms with Gasteiger partial charge >= 0.3 is 0 Å². The Morgan fingerprint density at radius 3 is 2.80 bits per heavy atom. The summed E-state index contributed by atoms with van der Waals surface area (Å²) < 4.78 is 0. The highest BCUT2D eigenvalue weighted by Gasteiger charge is 2.36. The van der Waals surface area contributed by atoms with Crippen LogP contribution in [-0.2, 0) is 4.79 Å². The summed E-state index contributed by atoms with van der Waals surface area (Å²) in [6, 6.07) is 0.541. The maximum atomic E-state index is 11.9. The van der Waals surface area contributed by atoms with E-state index in [0.29, 0.717) is 11.9 Å². The van der Waals surface area contributed by atoms with Gasteiger partial charge in [-0.15, -0.1) is 0 Å². The minimum atomic E-state index is 0.0968. The molecule has 1 aliphatic heterocycles. The topological polar surface area (TPSA) is 20.3 Å². The van der Waals surface area contributed by atoms with Crippen LogP contribution in [0.25, 0.3) is 0 Å². The molecule has 1 saturated carbocycles. The van der Waals surface area contributed by atoms with E-state index in [0.717, 1.165) is 18.9 Å². The highest BCUT2D eigenvalue weighted by molar-refractivity contribution is 9.10. The predicted molar refractivity (Wildman–Crippen MR) is 65.1 cm³/mol. The third-order valence-corrected chi connectivity index (χ3v) is 4.80. The van der Waals surface area contributed by atoms with E-state index in [1.807, 2.05) is 0 Å². The van der Waals surface area contributed by atoms with Crippen molar-refractivity contribution in [1.82, 2.24) is 4.90 Å². The molecule has 0 aromatic carbocycles. The molecular formula is C12H20BrNO. The summed E-state index contributed by atoms with van der Waals surface area (Å²) in [6.45, 7) is 3.24. The van der Waals surface area contributed by atoms with Gasteiger partial charge in [0.05, 0.1) is 4.83 Å².